The highest BCUT2D eigenvalue weighted by atomic mass is 16.6. The van der Waals surface area contributed by atoms with Gasteiger partial charge in [0, 0.05) is 18.3 Å². The Balaban J connectivity index is 2.02. The van der Waals surface area contributed by atoms with Gasteiger partial charge in [-0.3, -0.25) is 10.1 Å². The van der Waals surface area contributed by atoms with Crippen molar-refractivity contribution < 1.29 is 4.92 Å². The summed E-state index contributed by atoms with van der Waals surface area (Å²) < 4.78 is 0. The van der Waals surface area contributed by atoms with Gasteiger partial charge in [-0.15, -0.1) is 0 Å². The largest absolute Gasteiger partial charge is 0.399 e. The molecule has 0 atom stereocenters. The number of nitrogens with zero attached hydrogens (tertiary/aromatic N) is 1. The quantitative estimate of drug-likeness (QED) is 0.497. The van der Waals surface area contributed by atoms with Crippen LogP contribution in [0.1, 0.15) is 11.1 Å². The zero-order valence-corrected chi connectivity index (χ0v) is 11.3. The lowest BCUT2D eigenvalue weighted by atomic mass is 10.1. The average Bonchev–Trinajstić information content (AvgIpc) is 2.41. The Morgan fingerprint density at radius 1 is 1.20 bits per heavy atom. The summed E-state index contributed by atoms with van der Waals surface area (Å²) in [6, 6.07) is 12.7. The molecule has 2 aromatic rings. The highest BCUT2D eigenvalue weighted by molar-refractivity contribution is 5.62. The van der Waals surface area contributed by atoms with Crippen LogP contribution in [0.25, 0.3) is 0 Å². The van der Waals surface area contributed by atoms with Crippen LogP contribution in [0.4, 0.5) is 17.1 Å². The van der Waals surface area contributed by atoms with Crippen molar-refractivity contribution in [2.45, 2.75) is 13.3 Å². The Morgan fingerprint density at radius 2 is 1.90 bits per heavy atom. The maximum absolute atomic E-state index is 11.0. The Labute approximate surface area is 117 Å². The van der Waals surface area contributed by atoms with Gasteiger partial charge < -0.3 is 11.1 Å². The van der Waals surface area contributed by atoms with Gasteiger partial charge in [0.05, 0.1) is 4.92 Å². The molecule has 0 spiro atoms. The van der Waals surface area contributed by atoms with Crippen LogP contribution in [0.15, 0.2) is 42.5 Å². The van der Waals surface area contributed by atoms with Gasteiger partial charge in [0.25, 0.3) is 5.69 Å². The number of aryl methyl sites for hydroxylation is 1. The van der Waals surface area contributed by atoms with Gasteiger partial charge in [0.1, 0.15) is 5.69 Å². The maximum atomic E-state index is 11.0. The molecule has 0 bridgehead atoms. The molecule has 0 heterocycles. The number of hydrogen-bond acceptors (Lipinski definition) is 4. The van der Waals surface area contributed by atoms with E-state index in [4.69, 9.17) is 5.73 Å². The number of anilines is 2. The zero-order chi connectivity index (χ0) is 14.5. The lowest BCUT2D eigenvalue weighted by molar-refractivity contribution is -0.384. The lowest BCUT2D eigenvalue weighted by Gasteiger charge is -2.08. The van der Waals surface area contributed by atoms with E-state index in [9.17, 15) is 10.1 Å². The topological polar surface area (TPSA) is 81.2 Å². The summed E-state index contributed by atoms with van der Waals surface area (Å²) in [5.74, 6) is 0. The maximum Gasteiger partial charge on any atom is 0.292 e. The second kappa shape index (κ2) is 6.06. The molecule has 5 nitrogen and oxygen atoms in total. The fourth-order valence-electron chi connectivity index (χ4n) is 1.98. The van der Waals surface area contributed by atoms with Gasteiger partial charge in [-0.2, -0.15) is 0 Å². The second-order valence-corrected chi connectivity index (χ2v) is 4.70. The van der Waals surface area contributed by atoms with Crippen LogP contribution >= 0.6 is 0 Å². The average molecular weight is 271 g/mol. The van der Waals surface area contributed by atoms with Gasteiger partial charge in [-0.1, -0.05) is 18.2 Å². The molecule has 0 radical (unpaired) electrons. The number of nitro benzene ring substituents is 1. The first-order chi connectivity index (χ1) is 9.56. The molecule has 0 unspecified atom stereocenters. The van der Waals surface area contributed by atoms with Crippen molar-refractivity contribution in [3.63, 3.8) is 0 Å². The van der Waals surface area contributed by atoms with E-state index < -0.39 is 0 Å². The number of benzene rings is 2. The van der Waals surface area contributed by atoms with Crippen LogP contribution in [0, 0.1) is 17.0 Å². The van der Waals surface area contributed by atoms with Gasteiger partial charge in [0.15, 0.2) is 0 Å². The number of nitro groups is 1. The minimum absolute atomic E-state index is 0.105. The third-order valence-corrected chi connectivity index (χ3v) is 3.06. The van der Waals surface area contributed by atoms with Crippen molar-refractivity contribution in [1.82, 2.24) is 0 Å². The summed E-state index contributed by atoms with van der Waals surface area (Å²) in [4.78, 5) is 10.6. The molecule has 2 rings (SSSR count). The monoisotopic (exact) mass is 271 g/mol. The van der Waals surface area contributed by atoms with Crippen molar-refractivity contribution in [3.05, 3.63) is 63.7 Å². The molecule has 5 heteroatoms. The van der Waals surface area contributed by atoms with Crippen molar-refractivity contribution in [3.8, 4) is 0 Å². The van der Waals surface area contributed by atoms with E-state index >= 15 is 0 Å². The molecular formula is C15H17N3O2. The highest BCUT2D eigenvalue weighted by Crippen LogP contribution is 2.25. The normalized spacial score (nSPS) is 10.2. The van der Waals surface area contributed by atoms with E-state index in [1.54, 1.807) is 12.1 Å². The van der Waals surface area contributed by atoms with Gasteiger partial charge >= 0.3 is 0 Å². The number of nitrogens with two attached hydrogens (primary N) is 1. The Kier molecular flexibility index (Phi) is 4.20. The third kappa shape index (κ3) is 3.47. The summed E-state index contributed by atoms with van der Waals surface area (Å²) in [5, 5.41) is 14.1. The van der Waals surface area contributed by atoms with Gasteiger partial charge in [-0.25, -0.2) is 0 Å². The Hall–Kier alpha value is -2.56. The molecule has 20 heavy (non-hydrogen) atoms. The molecule has 0 aliphatic rings. The molecule has 104 valence electrons. The van der Waals surface area contributed by atoms with E-state index in [1.165, 1.54) is 6.07 Å². The molecule has 0 saturated heterocycles. The number of rotatable bonds is 5. The highest BCUT2D eigenvalue weighted by Gasteiger charge is 2.12. The fourth-order valence-corrected chi connectivity index (χ4v) is 1.98. The fraction of sp³-hybridized carbons (Fsp3) is 0.200. The summed E-state index contributed by atoms with van der Waals surface area (Å²) in [6.07, 6.45) is 0.783. The molecule has 2 aromatic carbocycles. The van der Waals surface area contributed by atoms with Crippen LogP contribution in [0.5, 0.6) is 0 Å². The van der Waals surface area contributed by atoms with Crippen molar-refractivity contribution in [2.24, 2.45) is 0 Å². The van der Waals surface area contributed by atoms with Gasteiger partial charge in [-0.05, 0) is 42.7 Å². The summed E-state index contributed by atoms with van der Waals surface area (Å²) in [7, 11) is 0. The first kappa shape index (κ1) is 13.9. The molecule has 3 N–H and O–H groups in total. The molecule has 0 aromatic heterocycles. The molecule has 0 aliphatic heterocycles. The Bertz CT molecular complexity index is 609. The van der Waals surface area contributed by atoms with Crippen molar-refractivity contribution in [1.29, 1.82) is 0 Å². The van der Waals surface area contributed by atoms with Crippen molar-refractivity contribution >= 4 is 17.1 Å². The van der Waals surface area contributed by atoms with E-state index in [0.29, 0.717) is 12.2 Å². The van der Waals surface area contributed by atoms with Crippen LogP contribution in [0.2, 0.25) is 0 Å². The predicted octanol–water partition coefficient (Wildman–Crippen LogP) is 3.14. The van der Waals surface area contributed by atoms with Crippen LogP contribution in [0.3, 0.4) is 0 Å². The van der Waals surface area contributed by atoms with E-state index in [-0.39, 0.29) is 10.6 Å². The van der Waals surface area contributed by atoms with Crippen LogP contribution in [-0.4, -0.2) is 11.5 Å². The molecular weight excluding hydrogens is 254 g/mol. The standard InChI is InChI=1S/C15H17N3O2/c1-11-2-7-15(18(19)20)14(10-11)17-9-8-12-3-5-13(16)6-4-12/h2-7,10,17H,8-9,16H2,1H3. The van der Waals surface area contributed by atoms with Crippen LogP contribution in [-0.2, 0) is 6.42 Å². The minimum atomic E-state index is -0.370. The minimum Gasteiger partial charge on any atom is -0.399 e. The number of nitrogens with one attached hydrogen (secondary N) is 1. The number of hydrogen-bond donors (Lipinski definition) is 2. The van der Waals surface area contributed by atoms with E-state index in [2.05, 4.69) is 5.32 Å². The SMILES string of the molecule is Cc1ccc([N+](=O)[O-])c(NCCc2ccc(N)cc2)c1. The number of nitrogen functional groups attached to an aromatic ring is 1. The smallest absolute Gasteiger partial charge is 0.292 e. The van der Waals surface area contributed by atoms with Gasteiger partial charge in [0.2, 0.25) is 0 Å². The zero-order valence-electron chi connectivity index (χ0n) is 11.3. The second-order valence-electron chi connectivity index (χ2n) is 4.70. The Morgan fingerprint density at radius 3 is 2.55 bits per heavy atom. The summed E-state index contributed by atoms with van der Waals surface area (Å²) >= 11 is 0. The molecule has 0 aliphatic carbocycles. The van der Waals surface area contributed by atoms with Crippen LogP contribution < -0.4 is 11.1 Å². The molecule has 0 fully saturated rings. The first-order valence-corrected chi connectivity index (χ1v) is 6.39. The molecule has 0 saturated carbocycles. The van der Waals surface area contributed by atoms with E-state index in [1.807, 2.05) is 31.2 Å². The summed E-state index contributed by atoms with van der Waals surface area (Å²) in [6.45, 7) is 2.54. The first-order valence-electron chi connectivity index (χ1n) is 6.39. The van der Waals surface area contributed by atoms with Crippen molar-refractivity contribution in [2.75, 3.05) is 17.6 Å². The molecule has 0 amide bonds. The predicted molar refractivity (Wildman–Crippen MR) is 80.9 cm³/mol. The van der Waals surface area contributed by atoms with E-state index in [0.717, 1.165) is 23.2 Å². The summed E-state index contributed by atoms with van der Waals surface area (Å²) in [5.41, 5.74) is 9.16. The third-order valence-electron chi connectivity index (χ3n) is 3.06. The lowest BCUT2D eigenvalue weighted by Crippen LogP contribution is -2.07.